The average Bonchev–Trinajstić information content (AvgIpc) is 2.85. The molecule has 1 radical (unpaired) electrons. The number of nitrogens with one attached hydrogen (secondary N) is 1. The van der Waals surface area contributed by atoms with E-state index >= 15 is 0 Å². The maximum absolute atomic E-state index is 11.6. The topological polar surface area (TPSA) is 88.2 Å². The number of aromatic nitrogens is 2. The summed E-state index contributed by atoms with van der Waals surface area (Å²) in [5.74, 6) is -0.606. The Morgan fingerprint density at radius 2 is 2.04 bits per heavy atom. The van der Waals surface area contributed by atoms with Crippen molar-refractivity contribution < 1.29 is 47.1 Å². The van der Waals surface area contributed by atoms with Crippen molar-refractivity contribution in [3.63, 3.8) is 0 Å². The van der Waals surface area contributed by atoms with Gasteiger partial charge in [-0.25, -0.2) is 9.78 Å². The van der Waals surface area contributed by atoms with Crippen LogP contribution >= 0.6 is 0 Å². The molecule has 2 heterocycles. The Labute approximate surface area is 158 Å². The summed E-state index contributed by atoms with van der Waals surface area (Å²) in [4.78, 5) is 15.8. The summed E-state index contributed by atoms with van der Waals surface area (Å²) >= 11 is 0. The molecule has 1 aromatic carbocycles. The molecule has 2 N–H and O–H groups in total. The number of carbonyl (C=O) groups is 1. The molecule has 3 rings (SSSR count). The fourth-order valence-electron chi connectivity index (χ4n) is 2.31. The quantitative estimate of drug-likeness (QED) is 0.672. The first-order valence-electron chi connectivity index (χ1n) is 6.72. The molecule has 0 saturated heterocycles. The summed E-state index contributed by atoms with van der Waals surface area (Å²) in [6, 6.07) is 8.39. The molecule has 115 valence electrons. The second-order valence-electron chi connectivity index (χ2n) is 5.07. The monoisotopic (exact) mass is 385 g/mol. The van der Waals surface area contributed by atoms with Crippen molar-refractivity contribution in [1.29, 1.82) is 0 Å². The average molecular weight is 385 g/mol. The largest absolute Gasteiger partial charge is 0.476 e. The van der Waals surface area contributed by atoms with E-state index in [1.165, 1.54) is 0 Å². The summed E-state index contributed by atoms with van der Waals surface area (Å²) in [6.07, 6.45) is 0. The SMILES string of the molecule is Cc1c[c-]ccc1Nc1c(C(=O)O)nc2c(C)onc2c1C.[Y]. The molecule has 0 atom stereocenters. The van der Waals surface area contributed by atoms with Gasteiger partial charge in [0.25, 0.3) is 0 Å². The van der Waals surface area contributed by atoms with Crippen molar-refractivity contribution in [3.8, 4) is 0 Å². The zero-order valence-electron chi connectivity index (χ0n) is 13.0. The zero-order valence-corrected chi connectivity index (χ0v) is 15.8. The fourth-order valence-corrected chi connectivity index (χ4v) is 2.31. The van der Waals surface area contributed by atoms with E-state index in [1.807, 2.05) is 19.1 Å². The van der Waals surface area contributed by atoms with E-state index in [4.69, 9.17) is 4.52 Å². The fraction of sp³-hybridized carbons (Fsp3) is 0.188. The molecular weight excluding hydrogens is 371 g/mol. The van der Waals surface area contributed by atoms with Crippen LogP contribution in [-0.2, 0) is 32.7 Å². The normalized spacial score (nSPS) is 10.4. The van der Waals surface area contributed by atoms with Gasteiger partial charge in [-0.2, -0.15) is 18.2 Å². The molecule has 0 aliphatic carbocycles. The first kappa shape index (κ1) is 17.6. The molecule has 0 amide bonds. The van der Waals surface area contributed by atoms with Crippen LogP contribution in [0.5, 0.6) is 0 Å². The van der Waals surface area contributed by atoms with Crippen LogP contribution in [0.15, 0.2) is 22.7 Å². The number of carboxylic acids is 1. The zero-order chi connectivity index (χ0) is 15.9. The van der Waals surface area contributed by atoms with Gasteiger partial charge in [0, 0.05) is 38.3 Å². The predicted molar refractivity (Wildman–Crippen MR) is 81.5 cm³/mol. The number of hydrogen-bond donors (Lipinski definition) is 2. The summed E-state index contributed by atoms with van der Waals surface area (Å²) in [5, 5.41) is 16.6. The van der Waals surface area contributed by atoms with E-state index in [9.17, 15) is 9.90 Å². The molecule has 23 heavy (non-hydrogen) atoms. The number of aryl methyl sites for hydroxylation is 3. The van der Waals surface area contributed by atoms with Crippen LogP contribution in [0.3, 0.4) is 0 Å². The molecule has 0 spiro atoms. The van der Waals surface area contributed by atoms with Crippen molar-refractivity contribution in [2.45, 2.75) is 20.8 Å². The molecule has 3 aromatic rings. The van der Waals surface area contributed by atoms with Crippen LogP contribution in [0.2, 0.25) is 0 Å². The Kier molecular flexibility index (Phi) is 5.17. The number of carboxylic acid groups (broad SMARTS) is 1. The third-order valence-electron chi connectivity index (χ3n) is 3.56. The molecule has 0 bridgehead atoms. The molecular formula is C16H14N3O3Y-. The van der Waals surface area contributed by atoms with Crippen LogP contribution in [0, 0.1) is 26.8 Å². The molecule has 0 fully saturated rings. The van der Waals surface area contributed by atoms with Gasteiger partial charge in [-0.1, -0.05) is 17.8 Å². The minimum atomic E-state index is -1.10. The summed E-state index contributed by atoms with van der Waals surface area (Å²) in [6.45, 7) is 5.42. The van der Waals surface area contributed by atoms with Crippen molar-refractivity contribution >= 4 is 28.4 Å². The Morgan fingerprint density at radius 3 is 2.70 bits per heavy atom. The number of anilines is 2. The van der Waals surface area contributed by atoms with Gasteiger partial charge in [-0.15, -0.1) is 11.6 Å². The maximum atomic E-state index is 11.6. The molecule has 0 aliphatic rings. The molecule has 0 unspecified atom stereocenters. The van der Waals surface area contributed by atoms with E-state index in [0.717, 1.165) is 11.3 Å². The third kappa shape index (κ3) is 3.14. The number of pyridine rings is 1. The van der Waals surface area contributed by atoms with Gasteiger partial charge in [0.1, 0.15) is 11.0 Å². The van der Waals surface area contributed by atoms with Gasteiger partial charge in [-0.05, 0) is 13.8 Å². The minimum absolute atomic E-state index is 0. The van der Waals surface area contributed by atoms with E-state index in [2.05, 4.69) is 21.5 Å². The van der Waals surface area contributed by atoms with Gasteiger partial charge < -0.3 is 14.9 Å². The Balaban J connectivity index is 0.00000192. The van der Waals surface area contributed by atoms with Gasteiger partial charge in [0.15, 0.2) is 11.5 Å². The number of aromatic carboxylic acids is 1. The third-order valence-corrected chi connectivity index (χ3v) is 3.56. The molecule has 0 saturated carbocycles. The number of hydrogen-bond acceptors (Lipinski definition) is 5. The minimum Gasteiger partial charge on any atom is -0.476 e. The van der Waals surface area contributed by atoms with E-state index in [-0.39, 0.29) is 38.4 Å². The molecule has 0 aliphatic heterocycles. The standard InChI is InChI=1S/C16H14N3O3.Y/c1-8-6-4-5-7-11(8)17-12-9(2)13-14(10(3)22-19-13)18-15(12)16(20)21;/h5-7,17H,1-3H3,(H,20,21);/q-1;. The van der Waals surface area contributed by atoms with Crippen molar-refractivity contribution in [2.24, 2.45) is 0 Å². The molecule has 2 aromatic heterocycles. The van der Waals surface area contributed by atoms with E-state index < -0.39 is 5.97 Å². The second-order valence-corrected chi connectivity index (χ2v) is 5.07. The van der Waals surface area contributed by atoms with E-state index in [0.29, 0.717) is 28.0 Å². The van der Waals surface area contributed by atoms with Crippen molar-refractivity contribution in [1.82, 2.24) is 10.1 Å². The Hall–Kier alpha value is -1.79. The van der Waals surface area contributed by atoms with Crippen LogP contribution < -0.4 is 5.32 Å². The Morgan fingerprint density at radius 1 is 1.30 bits per heavy atom. The van der Waals surface area contributed by atoms with Gasteiger partial charge in [-0.3, -0.25) is 0 Å². The number of nitrogens with zero attached hydrogens (tertiary/aromatic N) is 2. The molecule has 7 heteroatoms. The maximum Gasteiger partial charge on any atom is 0.356 e. The van der Waals surface area contributed by atoms with Gasteiger partial charge in [0.2, 0.25) is 0 Å². The van der Waals surface area contributed by atoms with Crippen LogP contribution in [-0.4, -0.2) is 21.2 Å². The van der Waals surface area contributed by atoms with Crippen molar-refractivity contribution in [2.75, 3.05) is 5.32 Å². The smallest absolute Gasteiger partial charge is 0.356 e. The summed E-state index contributed by atoms with van der Waals surface area (Å²) < 4.78 is 5.12. The van der Waals surface area contributed by atoms with E-state index in [1.54, 1.807) is 19.9 Å². The Bertz CT molecular complexity index is 890. The first-order chi connectivity index (χ1) is 10.5. The number of rotatable bonds is 3. The number of fused-ring (bicyclic) bond motifs is 1. The van der Waals surface area contributed by atoms with Crippen LogP contribution in [0.25, 0.3) is 11.0 Å². The van der Waals surface area contributed by atoms with Crippen LogP contribution in [0.1, 0.15) is 27.4 Å². The summed E-state index contributed by atoms with van der Waals surface area (Å²) in [7, 11) is 0. The second kappa shape index (κ2) is 6.76. The summed E-state index contributed by atoms with van der Waals surface area (Å²) in [5.41, 5.74) is 3.83. The first-order valence-corrected chi connectivity index (χ1v) is 6.72. The van der Waals surface area contributed by atoms with Crippen LogP contribution in [0.4, 0.5) is 11.4 Å². The number of benzene rings is 1. The van der Waals surface area contributed by atoms with Gasteiger partial charge >= 0.3 is 5.97 Å². The van der Waals surface area contributed by atoms with Gasteiger partial charge in [0.05, 0.1) is 5.69 Å². The molecule has 6 nitrogen and oxygen atoms in total. The van der Waals surface area contributed by atoms with Crippen molar-refractivity contribution in [3.05, 3.63) is 46.8 Å². The predicted octanol–water partition coefficient (Wildman–Crippen LogP) is 3.39.